The number of rotatable bonds is 12. The molecule has 0 aromatic heterocycles. The Morgan fingerprint density at radius 1 is 1.11 bits per heavy atom. The van der Waals surface area contributed by atoms with E-state index in [2.05, 4.69) is 0 Å². The highest BCUT2D eigenvalue weighted by atomic mass is 35.5. The third-order valence-electron chi connectivity index (χ3n) is 5.85. The standard InChI is InChI=1S/C26H29Cl2FN2O5/c1-16(2)14-30(22(13-26(34)35)18-4-5-19(27)20(28)12-18)15-17-3-6-23(21(29)11-17)36-10-9-31-24(32)7-8-25(31)33/h3-6,11-12,16,22H,7-10,13-15H2,1-2H3,(H,34,35). The minimum atomic E-state index is -0.968. The van der Waals surface area contributed by atoms with Gasteiger partial charge in [0.1, 0.15) is 6.61 Å². The Morgan fingerprint density at radius 3 is 2.39 bits per heavy atom. The number of nitrogens with zero attached hydrogens (tertiary/aromatic N) is 2. The highest BCUT2D eigenvalue weighted by Gasteiger charge is 2.28. The number of imide groups is 1. The Balaban J connectivity index is 1.75. The van der Waals surface area contributed by atoms with Gasteiger partial charge in [-0.3, -0.25) is 24.2 Å². The van der Waals surface area contributed by atoms with Gasteiger partial charge < -0.3 is 9.84 Å². The number of aliphatic carboxylic acids is 1. The van der Waals surface area contributed by atoms with Gasteiger partial charge in [0.05, 0.1) is 23.0 Å². The van der Waals surface area contributed by atoms with Crippen molar-refractivity contribution in [3.8, 4) is 5.75 Å². The number of carbonyl (C=O) groups is 3. The SMILES string of the molecule is CC(C)CN(Cc1ccc(OCCN2C(=O)CCC2=O)c(F)c1)C(CC(=O)O)c1ccc(Cl)c(Cl)c1. The van der Waals surface area contributed by atoms with Crippen LogP contribution in [0.15, 0.2) is 36.4 Å². The van der Waals surface area contributed by atoms with Crippen LogP contribution in [0.1, 0.15) is 50.3 Å². The molecule has 1 unspecified atom stereocenters. The molecule has 1 fully saturated rings. The third kappa shape index (κ3) is 7.41. The average Bonchev–Trinajstić information content (AvgIpc) is 3.12. The minimum absolute atomic E-state index is 0.00870. The summed E-state index contributed by atoms with van der Waals surface area (Å²) in [6.07, 6.45) is 0.224. The number of ether oxygens (including phenoxy) is 1. The predicted molar refractivity (Wildman–Crippen MR) is 135 cm³/mol. The van der Waals surface area contributed by atoms with Gasteiger partial charge in [-0.05, 0) is 41.3 Å². The highest BCUT2D eigenvalue weighted by molar-refractivity contribution is 6.42. The third-order valence-corrected chi connectivity index (χ3v) is 6.59. The Kier molecular flexibility index (Phi) is 9.70. The van der Waals surface area contributed by atoms with Crippen LogP contribution < -0.4 is 4.74 Å². The average molecular weight is 539 g/mol. The molecule has 1 aliphatic heterocycles. The number of amides is 2. The largest absolute Gasteiger partial charge is 0.489 e. The molecule has 0 aliphatic carbocycles. The Bertz CT molecular complexity index is 1110. The molecule has 2 amide bonds. The normalized spacial score (nSPS) is 14.7. The van der Waals surface area contributed by atoms with E-state index in [1.165, 1.54) is 12.1 Å². The van der Waals surface area contributed by atoms with E-state index in [9.17, 15) is 23.9 Å². The van der Waals surface area contributed by atoms with Crippen molar-refractivity contribution in [2.75, 3.05) is 19.7 Å². The molecule has 0 radical (unpaired) electrons. The number of carboxylic acid groups (broad SMARTS) is 1. The second-order valence-electron chi connectivity index (χ2n) is 9.16. The molecule has 0 saturated carbocycles. The minimum Gasteiger partial charge on any atom is -0.489 e. The molecule has 194 valence electrons. The fourth-order valence-corrected chi connectivity index (χ4v) is 4.53. The lowest BCUT2D eigenvalue weighted by Crippen LogP contribution is -2.33. The molecule has 10 heteroatoms. The van der Waals surface area contributed by atoms with Gasteiger partial charge in [-0.2, -0.15) is 0 Å². The fourth-order valence-electron chi connectivity index (χ4n) is 4.23. The molecule has 2 aromatic rings. The van der Waals surface area contributed by atoms with Gasteiger partial charge in [0.2, 0.25) is 11.8 Å². The summed E-state index contributed by atoms with van der Waals surface area (Å²) in [6, 6.07) is 9.11. The van der Waals surface area contributed by atoms with Crippen molar-refractivity contribution in [2.24, 2.45) is 5.92 Å². The summed E-state index contributed by atoms with van der Waals surface area (Å²) in [5, 5.41) is 10.3. The summed E-state index contributed by atoms with van der Waals surface area (Å²) in [5.74, 6) is -1.82. The van der Waals surface area contributed by atoms with Gasteiger partial charge >= 0.3 is 5.97 Å². The molecular formula is C26H29Cl2FN2O5. The van der Waals surface area contributed by atoms with Gasteiger partial charge in [0, 0.05) is 32.0 Å². The van der Waals surface area contributed by atoms with Crippen LogP contribution in [0.3, 0.4) is 0 Å². The van der Waals surface area contributed by atoms with E-state index >= 15 is 0 Å². The second kappa shape index (κ2) is 12.5. The zero-order chi connectivity index (χ0) is 26.4. The number of carboxylic acids is 1. The smallest absolute Gasteiger partial charge is 0.305 e. The summed E-state index contributed by atoms with van der Waals surface area (Å²) in [7, 11) is 0. The van der Waals surface area contributed by atoms with Gasteiger partial charge in [0.15, 0.2) is 11.6 Å². The van der Waals surface area contributed by atoms with Crippen molar-refractivity contribution in [3.63, 3.8) is 0 Å². The van der Waals surface area contributed by atoms with Crippen LogP contribution in [-0.2, 0) is 20.9 Å². The number of carbonyl (C=O) groups excluding carboxylic acids is 2. The lowest BCUT2D eigenvalue weighted by molar-refractivity contribution is -0.140. The van der Waals surface area contributed by atoms with E-state index in [-0.39, 0.29) is 55.9 Å². The molecule has 1 N–H and O–H groups in total. The van der Waals surface area contributed by atoms with Crippen LogP contribution in [-0.4, -0.2) is 52.4 Å². The first-order chi connectivity index (χ1) is 17.0. The molecule has 1 saturated heterocycles. The molecule has 36 heavy (non-hydrogen) atoms. The maximum Gasteiger partial charge on any atom is 0.305 e. The molecule has 3 rings (SSSR count). The van der Waals surface area contributed by atoms with Crippen LogP contribution in [0, 0.1) is 11.7 Å². The molecule has 2 aromatic carbocycles. The first-order valence-corrected chi connectivity index (χ1v) is 12.5. The fraction of sp³-hybridized carbons (Fsp3) is 0.423. The summed E-state index contributed by atoms with van der Waals surface area (Å²) in [4.78, 5) is 38.2. The predicted octanol–water partition coefficient (Wildman–Crippen LogP) is 5.33. The van der Waals surface area contributed by atoms with E-state index in [1.807, 2.05) is 18.7 Å². The van der Waals surface area contributed by atoms with Gasteiger partial charge in [-0.25, -0.2) is 4.39 Å². The van der Waals surface area contributed by atoms with E-state index < -0.39 is 17.8 Å². The lowest BCUT2D eigenvalue weighted by atomic mass is 9.99. The maximum atomic E-state index is 14.8. The molecule has 0 spiro atoms. The Labute approximate surface area is 219 Å². The van der Waals surface area contributed by atoms with E-state index in [1.54, 1.807) is 24.3 Å². The number of likely N-dealkylation sites (tertiary alicyclic amines) is 1. The topological polar surface area (TPSA) is 87.2 Å². The van der Waals surface area contributed by atoms with Crippen LogP contribution in [0.4, 0.5) is 4.39 Å². The van der Waals surface area contributed by atoms with Crippen LogP contribution in [0.2, 0.25) is 10.0 Å². The summed E-state index contributed by atoms with van der Waals surface area (Å²) >= 11 is 12.3. The zero-order valence-electron chi connectivity index (χ0n) is 20.2. The van der Waals surface area contributed by atoms with Gasteiger partial charge in [0.25, 0.3) is 0 Å². The first kappa shape index (κ1) is 27.9. The number of hydrogen-bond acceptors (Lipinski definition) is 5. The number of halogens is 3. The first-order valence-electron chi connectivity index (χ1n) is 11.7. The van der Waals surface area contributed by atoms with Crippen LogP contribution in [0.25, 0.3) is 0 Å². The van der Waals surface area contributed by atoms with E-state index in [0.29, 0.717) is 34.3 Å². The molecule has 7 nitrogen and oxygen atoms in total. The molecule has 1 aliphatic rings. The van der Waals surface area contributed by atoms with Crippen molar-refractivity contribution in [2.45, 2.75) is 45.7 Å². The Morgan fingerprint density at radius 2 is 1.81 bits per heavy atom. The van der Waals surface area contributed by atoms with Crippen molar-refractivity contribution in [3.05, 3.63) is 63.4 Å². The summed E-state index contributed by atoms with van der Waals surface area (Å²) in [6.45, 7) is 4.97. The van der Waals surface area contributed by atoms with Crippen LogP contribution in [0.5, 0.6) is 5.75 Å². The van der Waals surface area contributed by atoms with E-state index in [0.717, 1.165) is 4.90 Å². The van der Waals surface area contributed by atoms with Crippen molar-refractivity contribution in [1.82, 2.24) is 9.80 Å². The lowest BCUT2D eigenvalue weighted by Gasteiger charge is -2.33. The number of hydrogen-bond donors (Lipinski definition) is 1. The molecule has 1 atom stereocenters. The van der Waals surface area contributed by atoms with Crippen LogP contribution >= 0.6 is 23.2 Å². The second-order valence-corrected chi connectivity index (χ2v) is 9.98. The van der Waals surface area contributed by atoms with Crippen molar-refractivity contribution >= 4 is 41.0 Å². The summed E-state index contributed by atoms with van der Waals surface area (Å²) in [5.41, 5.74) is 1.35. The maximum absolute atomic E-state index is 14.8. The summed E-state index contributed by atoms with van der Waals surface area (Å²) < 4.78 is 20.3. The van der Waals surface area contributed by atoms with E-state index in [4.69, 9.17) is 27.9 Å². The molecule has 0 bridgehead atoms. The van der Waals surface area contributed by atoms with Crippen molar-refractivity contribution in [1.29, 1.82) is 0 Å². The Hall–Kier alpha value is -2.68. The monoisotopic (exact) mass is 538 g/mol. The number of benzene rings is 2. The molecule has 1 heterocycles. The zero-order valence-corrected chi connectivity index (χ0v) is 21.7. The van der Waals surface area contributed by atoms with Crippen molar-refractivity contribution < 1.29 is 28.6 Å². The molecular weight excluding hydrogens is 510 g/mol. The highest BCUT2D eigenvalue weighted by Crippen LogP contribution is 2.32. The van der Waals surface area contributed by atoms with Gasteiger partial charge in [-0.15, -0.1) is 0 Å². The van der Waals surface area contributed by atoms with Gasteiger partial charge in [-0.1, -0.05) is 49.2 Å². The quantitative estimate of drug-likeness (QED) is 0.367.